The second kappa shape index (κ2) is 14.8. The first-order valence-corrected chi connectivity index (χ1v) is 15.9. The van der Waals surface area contributed by atoms with Gasteiger partial charge in [-0.2, -0.15) is 4.31 Å². The van der Waals surface area contributed by atoms with Crippen LogP contribution in [0.5, 0.6) is 5.75 Å². The van der Waals surface area contributed by atoms with E-state index in [1.807, 2.05) is 53.5 Å². The van der Waals surface area contributed by atoms with Crippen LogP contribution in [0.2, 0.25) is 0 Å². The maximum Gasteiger partial charge on any atom is 0.243 e. The topological polar surface area (TPSA) is 70.2 Å². The average molecular weight is 570 g/mol. The van der Waals surface area contributed by atoms with Gasteiger partial charge in [-0.1, -0.05) is 83.0 Å². The summed E-state index contributed by atoms with van der Waals surface area (Å²) in [6.07, 6.45) is 7.60. The standard InChI is InChI=1S/C32H47N3O4S/c1-6-7-8-15-31(36)34(20-11-13-27-12-9-10-14-30(27)39-5)24-21-33-22-25-35(26-23-33)40(37,38)29-18-16-28(17-19-29)32(2,3)4/h9-14,16-19H,6-8,15,20-26H2,1-5H3/b13-11+. The minimum absolute atomic E-state index is 0.0244. The number of carbonyl (C=O) groups is 1. The molecule has 1 amide bonds. The van der Waals surface area contributed by atoms with Gasteiger partial charge in [0.1, 0.15) is 5.75 Å². The van der Waals surface area contributed by atoms with Crippen LogP contribution < -0.4 is 4.74 Å². The molecular formula is C32H47N3O4S. The van der Waals surface area contributed by atoms with Crippen LogP contribution in [0.15, 0.2) is 59.5 Å². The van der Waals surface area contributed by atoms with Gasteiger partial charge in [0, 0.05) is 57.8 Å². The number of carbonyl (C=O) groups excluding carboxylic acids is 1. The van der Waals surface area contributed by atoms with E-state index in [1.165, 1.54) is 0 Å². The number of hydrogen-bond acceptors (Lipinski definition) is 5. The second-order valence-electron chi connectivity index (χ2n) is 11.5. The first kappa shape index (κ1) is 31.8. The van der Waals surface area contributed by atoms with Crippen LogP contribution in [-0.4, -0.2) is 81.4 Å². The molecule has 2 aromatic rings. The molecule has 7 nitrogen and oxygen atoms in total. The number of benzene rings is 2. The van der Waals surface area contributed by atoms with Gasteiger partial charge in [0.05, 0.1) is 12.0 Å². The number of hydrogen-bond donors (Lipinski definition) is 0. The lowest BCUT2D eigenvalue weighted by Gasteiger charge is -2.35. The lowest BCUT2D eigenvalue weighted by molar-refractivity contribution is -0.131. The predicted octanol–water partition coefficient (Wildman–Crippen LogP) is 5.42. The lowest BCUT2D eigenvalue weighted by Crippen LogP contribution is -2.50. The van der Waals surface area contributed by atoms with Crippen LogP contribution in [0.1, 0.15) is 64.5 Å². The summed E-state index contributed by atoms with van der Waals surface area (Å²) in [6.45, 7) is 12.5. The van der Waals surface area contributed by atoms with Crippen LogP contribution in [0.25, 0.3) is 6.08 Å². The Bertz CT molecular complexity index is 1210. The molecule has 0 saturated carbocycles. The minimum atomic E-state index is -3.53. The molecule has 0 N–H and O–H groups in total. The highest BCUT2D eigenvalue weighted by Crippen LogP contribution is 2.25. The number of para-hydroxylation sites is 1. The van der Waals surface area contributed by atoms with E-state index in [0.717, 1.165) is 42.7 Å². The SMILES string of the molecule is CCCCCC(=O)N(C/C=C/c1ccccc1OC)CCN1CCN(S(=O)(=O)c2ccc(C(C)(C)C)cc2)CC1. The fourth-order valence-corrected chi connectivity index (χ4v) is 6.27. The number of nitrogens with zero attached hydrogens (tertiary/aromatic N) is 3. The summed E-state index contributed by atoms with van der Waals surface area (Å²) in [4.78, 5) is 17.6. The van der Waals surface area contributed by atoms with E-state index in [-0.39, 0.29) is 11.3 Å². The molecule has 0 aromatic heterocycles. The van der Waals surface area contributed by atoms with E-state index >= 15 is 0 Å². The monoisotopic (exact) mass is 569 g/mol. The maximum absolute atomic E-state index is 13.3. The zero-order chi connectivity index (χ0) is 29.2. The van der Waals surface area contributed by atoms with Gasteiger partial charge in [-0.05, 0) is 35.6 Å². The highest BCUT2D eigenvalue weighted by molar-refractivity contribution is 7.89. The van der Waals surface area contributed by atoms with Gasteiger partial charge in [-0.3, -0.25) is 9.69 Å². The number of methoxy groups -OCH3 is 1. The van der Waals surface area contributed by atoms with Gasteiger partial charge in [-0.15, -0.1) is 0 Å². The van der Waals surface area contributed by atoms with E-state index in [0.29, 0.717) is 50.6 Å². The largest absolute Gasteiger partial charge is 0.496 e. The van der Waals surface area contributed by atoms with Crippen LogP contribution >= 0.6 is 0 Å². The maximum atomic E-state index is 13.3. The third-order valence-electron chi connectivity index (χ3n) is 7.48. The van der Waals surface area contributed by atoms with Crippen molar-refractivity contribution in [2.75, 3.05) is 52.9 Å². The van der Waals surface area contributed by atoms with Crippen molar-refractivity contribution < 1.29 is 17.9 Å². The summed E-state index contributed by atoms with van der Waals surface area (Å²) in [5.41, 5.74) is 2.07. The Balaban J connectivity index is 1.57. The summed E-state index contributed by atoms with van der Waals surface area (Å²) in [5, 5.41) is 0. The van der Waals surface area contributed by atoms with Crippen molar-refractivity contribution in [2.45, 2.75) is 63.7 Å². The van der Waals surface area contributed by atoms with Crippen molar-refractivity contribution in [1.29, 1.82) is 0 Å². The van der Waals surface area contributed by atoms with Gasteiger partial charge < -0.3 is 9.64 Å². The molecule has 220 valence electrons. The molecule has 40 heavy (non-hydrogen) atoms. The molecule has 2 aromatic carbocycles. The Morgan fingerprint density at radius 1 is 1.00 bits per heavy atom. The molecule has 0 aliphatic carbocycles. The van der Waals surface area contributed by atoms with Crippen LogP contribution in [-0.2, 0) is 20.2 Å². The van der Waals surface area contributed by atoms with Crippen molar-refractivity contribution in [1.82, 2.24) is 14.1 Å². The van der Waals surface area contributed by atoms with Gasteiger partial charge in [0.25, 0.3) is 0 Å². The molecular weight excluding hydrogens is 522 g/mol. The Morgan fingerprint density at radius 3 is 2.30 bits per heavy atom. The number of amides is 1. The van der Waals surface area contributed by atoms with Crippen molar-refractivity contribution in [3.8, 4) is 5.75 Å². The van der Waals surface area contributed by atoms with E-state index < -0.39 is 10.0 Å². The van der Waals surface area contributed by atoms with Gasteiger partial charge in [0.2, 0.25) is 15.9 Å². The molecule has 1 heterocycles. The minimum Gasteiger partial charge on any atom is -0.496 e. The molecule has 0 radical (unpaired) electrons. The smallest absolute Gasteiger partial charge is 0.243 e. The van der Waals surface area contributed by atoms with E-state index in [9.17, 15) is 13.2 Å². The lowest BCUT2D eigenvalue weighted by atomic mass is 9.87. The highest BCUT2D eigenvalue weighted by Gasteiger charge is 2.29. The van der Waals surface area contributed by atoms with Crippen LogP contribution in [0, 0.1) is 0 Å². The molecule has 1 aliphatic rings. The third-order valence-corrected chi connectivity index (χ3v) is 9.40. The zero-order valence-electron chi connectivity index (χ0n) is 24.9. The zero-order valence-corrected chi connectivity index (χ0v) is 25.8. The molecule has 1 fully saturated rings. The van der Waals surface area contributed by atoms with Gasteiger partial charge in [-0.25, -0.2) is 8.42 Å². The van der Waals surface area contributed by atoms with E-state index in [4.69, 9.17) is 4.74 Å². The van der Waals surface area contributed by atoms with Crippen LogP contribution in [0.4, 0.5) is 0 Å². The fraction of sp³-hybridized carbons (Fsp3) is 0.531. The van der Waals surface area contributed by atoms with E-state index in [1.54, 1.807) is 23.5 Å². The quantitative estimate of drug-likeness (QED) is 0.301. The Hall–Kier alpha value is -2.68. The Morgan fingerprint density at radius 2 is 1.68 bits per heavy atom. The van der Waals surface area contributed by atoms with Crippen LogP contribution in [0.3, 0.4) is 0 Å². The number of unbranched alkanes of at least 4 members (excludes halogenated alkanes) is 2. The first-order valence-electron chi connectivity index (χ1n) is 14.5. The fourth-order valence-electron chi connectivity index (χ4n) is 4.84. The number of piperazine rings is 1. The Kier molecular flexibility index (Phi) is 11.8. The number of ether oxygens (including phenoxy) is 1. The predicted molar refractivity (Wildman–Crippen MR) is 163 cm³/mol. The molecule has 0 atom stereocenters. The molecule has 0 bridgehead atoms. The molecule has 3 rings (SSSR count). The number of rotatable bonds is 13. The summed E-state index contributed by atoms with van der Waals surface area (Å²) in [7, 11) is -1.87. The van der Waals surface area contributed by atoms with Crippen molar-refractivity contribution in [3.63, 3.8) is 0 Å². The average Bonchev–Trinajstić information content (AvgIpc) is 2.95. The summed E-state index contributed by atoms with van der Waals surface area (Å²) in [5.74, 6) is 0.968. The van der Waals surface area contributed by atoms with Gasteiger partial charge >= 0.3 is 0 Å². The number of sulfonamides is 1. The van der Waals surface area contributed by atoms with Gasteiger partial charge in [0.15, 0.2) is 0 Å². The normalized spacial score (nSPS) is 15.4. The second-order valence-corrected chi connectivity index (χ2v) is 13.4. The molecule has 0 spiro atoms. The molecule has 1 saturated heterocycles. The summed E-state index contributed by atoms with van der Waals surface area (Å²) >= 11 is 0. The first-order chi connectivity index (χ1) is 19.1. The summed E-state index contributed by atoms with van der Waals surface area (Å²) in [6, 6.07) is 15.1. The third kappa shape index (κ3) is 8.91. The van der Waals surface area contributed by atoms with Crippen molar-refractivity contribution in [3.05, 3.63) is 65.7 Å². The van der Waals surface area contributed by atoms with Crippen molar-refractivity contribution >= 4 is 22.0 Å². The molecule has 0 unspecified atom stereocenters. The Labute approximate surface area is 241 Å². The summed E-state index contributed by atoms with van der Waals surface area (Å²) < 4.78 is 33.5. The molecule has 1 aliphatic heterocycles. The highest BCUT2D eigenvalue weighted by atomic mass is 32.2. The molecule has 8 heteroatoms. The van der Waals surface area contributed by atoms with Crippen molar-refractivity contribution in [2.24, 2.45) is 0 Å². The van der Waals surface area contributed by atoms with E-state index in [2.05, 4.69) is 32.6 Å².